The number of nitrogens with zero attached hydrogens (tertiary/aromatic N) is 3. The molecule has 2 N–H and O–H groups in total. The smallest absolute Gasteiger partial charge is 0.240 e. The van der Waals surface area contributed by atoms with Gasteiger partial charge in [0.1, 0.15) is 11.0 Å². The van der Waals surface area contributed by atoms with E-state index >= 15 is 0 Å². The summed E-state index contributed by atoms with van der Waals surface area (Å²) in [6.07, 6.45) is 1.78. The van der Waals surface area contributed by atoms with E-state index in [1.165, 1.54) is 11.8 Å². The molecule has 0 fully saturated rings. The number of nitrogens with one attached hydrogen (secondary N) is 2. The molecule has 0 saturated carbocycles. The van der Waals surface area contributed by atoms with Gasteiger partial charge in [0.15, 0.2) is 5.82 Å². The number of rotatable bonds is 6. The SMILES string of the molecule is CCCc1nnc2n1NC(c1ccc(OC)cc1)C(C(=O)Nc1cccc(C)c1)S2. The largest absolute Gasteiger partial charge is 0.497 e. The standard InChI is InChI=1S/C22H25N5O2S/c1-4-6-18-24-25-22-27(18)26-19(15-9-11-17(29-3)12-10-15)20(30-22)21(28)23-16-8-5-7-14(2)13-16/h5,7-13,19-20,26H,4,6H2,1-3H3,(H,23,28). The van der Waals surface area contributed by atoms with Gasteiger partial charge in [0, 0.05) is 12.1 Å². The highest BCUT2D eigenvalue weighted by atomic mass is 32.2. The lowest BCUT2D eigenvalue weighted by atomic mass is 10.0. The van der Waals surface area contributed by atoms with E-state index in [0.717, 1.165) is 41.2 Å². The van der Waals surface area contributed by atoms with Crippen molar-refractivity contribution < 1.29 is 9.53 Å². The Bertz CT molecular complexity index is 1030. The van der Waals surface area contributed by atoms with Crippen LogP contribution in [0.3, 0.4) is 0 Å². The van der Waals surface area contributed by atoms with E-state index in [1.807, 2.05) is 60.1 Å². The Kier molecular flexibility index (Phi) is 5.94. The van der Waals surface area contributed by atoms with Crippen molar-refractivity contribution in [2.75, 3.05) is 17.9 Å². The number of ether oxygens (including phenoxy) is 1. The molecule has 1 aliphatic rings. The van der Waals surface area contributed by atoms with Crippen LogP contribution in [-0.2, 0) is 11.2 Å². The minimum absolute atomic E-state index is 0.0785. The number of amides is 1. The number of aryl methyl sites for hydroxylation is 2. The Hall–Kier alpha value is -3.00. The Balaban J connectivity index is 1.66. The topological polar surface area (TPSA) is 81.1 Å². The number of fused-ring (bicyclic) bond motifs is 1. The number of hydrogen-bond donors (Lipinski definition) is 2. The lowest BCUT2D eigenvalue weighted by Gasteiger charge is -2.33. The highest BCUT2D eigenvalue weighted by molar-refractivity contribution is 8.00. The summed E-state index contributed by atoms with van der Waals surface area (Å²) < 4.78 is 7.20. The second-order valence-corrected chi connectivity index (χ2v) is 8.37. The van der Waals surface area contributed by atoms with Gasteiger partial charge >= 0.3 is 0 Å². The normalized spacial score (nSPS) is 17.7. The van der Waals surface area contributed by atoms with E-state index in [0.29, 0.717) is 5.16 Å². The van der Waals surface area contributed by atoms with Gasteiger partial charge in [0.05, 0.1) is 13.2 Å². The van der Waals surface area contributed by atoms with Crippen LogP contribution < -0.4 is 15.5 Å². The molecule has 3 aromatic rings. The summed E-state index contributed by atoms with van der Waals surface area (Å²) in [6, 6.07) is 15.3. The number of benzene rings is 2. The third-order valence-electron chi connectivity index (χ3n) is 5.00. The third kappa shape index (κ3) is 4.14. The van der Waals surface area contributed by atoms with Crippen LogP contribution in [0.5, 0.6) is 5.75 Å². The first-order valence-corrected chi connectivity index (χ1v) is 10.9. The van der Waals surface area contributed by atoms with E-state index in [-0.39, 0.29) is 11.9 Å². The van der Waals surface area contributed by atoms with Crippen molar-refractivity contribution in [2.45, 2.75) is 43.1 Å². The van der Waals surface area contributed by atoms with Gasteiger partial charge in [-0.1, -0.05) is 43.0 Å². The molecule has 0 spiro atoms. The Morgan fingerprint density at radius 2 is 2.03 bits per heavy atom. The molecule has 156 valence electrons. The molecule has 7 nitrogen and oxygen atoms in total. The van der Waals surface area contributed by atoms with E-state index in [2.05, 4.69) is 27.9 Å². The summed E-state index contributed by atoms with van der Waals surface area (Å²) in [6.45, 7) is 4.11. The zero-order valence-electron chi connectivity index (χ0n) is 17.3. The molecule has 2 aromatic carbocycles. The zero-order valence-corrected chi connectivity index (χ0v) is 18.1. The van der Waals surface area contributed by atoms with Crippen LogP contribution in [-0.4, -0.2) is 33.1 Å². The lowest BCUT2D eigenvalue weighted by molar-refractivity contribution is -0.116. The molecule has 4 rings (SSSR count). The summed E-state index contributed by atoms with van der Waals surface area (Å²) in [7, 11) is 1.64. The van der Waals surface area contributed by atoms with Crippen LogP contribution >= 0.6 is 11.8 Å². The van der Waals surface area contributed by atoms with Crippen molar-refractivity contribution >= 4 is 23.4 Å². The Morgan fingerprint density at radius 1 is 1.23 bits per heavy atom. The van der Waals surface area contributed by atoms with E-state index in [4.69, 9.17) is 4.74 Å². The summed E-state index contributed by atoms with van der Waals surface area (Å²) in [5.74, 6) is 1.57. The molecule has 2 atom stereocenters. The van der Waals surface area contributed by atoms with Gasteiger partial charge in [0.2, 0.25) is 11.1 Å². The summed E-state index contributed by atoms with van der Waals surface area (Å²) in [4.78, 5) is 13.3. The van der Waals surface area contributed by atoms with Crippen molar-refractivity contribution in [3.05, 3.63) is 65.5 Å². The van der Waals surface area contributed by atoms with E-state index < -0.39 is 5.25 Å². The maximum atomic E-state index is 13.3. The second kappa shape index (κ2) is 8.79. The maximum absolute atomic E-state index is 13.3. The van der Waals surface area contributed by atoms with Crippen molar-refractivity contribution in [3.63, 3.8) is 0 Å². The summed E-state index contributed by atoms with van der Waals surface area (Å²) >= 11 is 1.43. The molecular weight excluding hydrogens is 398 g/mol. The number of methoxy groups -OCH3 is 1. The average molecular weight is 424 g/mol. The fourth-order valence-corrected chi connectivity index (χ4v) is 4.58. The van der Waals surface area contributed by atoms with Gasteiger partial charge in [-0.3, -0.25) is 4.79 Å². The van der Waals surface area contributed by atoms with Crippen LogP contribution in [0.15, 0.2) is 53.7 Å². The summed E-state index contributed by atoms with van der Waals surface area (Å²) in [5, 5.41) is 12.0. The molecule has 0 bridgehead atoms. The van der Waals surface area contributed by atoms with Gasteiger partial charge in [-0.25, -0.2) is 4.68 Å². The molecule has 2 heterocycles. The average Bonchev–Trinajstić information content (AvgIpc) is 3.15. The molecule has 1 amide bonds. The first kappa shape index (κ1) is 20.3. The first-order chi connectivity index (χ1) is 14.6. The van der Waals surface area contributed by atoms with Gasteiger partial charge in [0.25, 0.3) is 0 Å². The predicted octanol–water partition coefficient (Wildman–Crippen LogP) is 3.95. The zero-order chi connectivity index (χ0) is 21.1. The molecular formula is C22H25N5O2S. The van der Waals surface area contributed by atoms with Crippen molar-refractivity contribution in [2.24, 2.45) is 0 Å². The van der Waals surface area contributed by atoms with Gasteiger partial charge < -0.3 is 15.5 Å². The molecule has 1 aromatic heterocycles. The minimum atomic E-state index is -0.412. The van der Waals surface area contributed by atoms with Crippen LogP contribution in [0.1, 0.15) is 36.3 Å². The highest BCUT2D eigenvalue weighted by Gasteiger charge is 2.37. The van der Waals surface area contributed by atoms with Crippen LogP contribution in [0, 0.1) is 6.92 Å². The number of carbonyl (C=O) groups excluding carboxylic acids is 1. The predicted molar refractivity (Wildman–Crippen MR) is 119 cm³/mol. The van der Waals surface area contributed by atoms with Gasteiger partial charge in [-0.2, -0.15) is 0 Å². The molecule has 2 unspecified atom stereocenters. The van der Waals surface area contributed by atoms with Crippen LogP contribution in [0.2, 0.25) is 0 Å². The van der Waals surface area contributed by atoms with Crippen molar-refractivity contribution in [1.29, 1.82) is 0 Å². The fraction of sp³-hybridized carbons (Fsp3) is 0.318. The molecule has 1 aliphatic heterocycles. The monoisotopic (exact) mass is 423 g/mol. The van der Waals surface area contributed by atoms with Crippen LogP contribution in [0.4, 0.5) is 5.69 Å². The second-order valence-electron chi connectivity index (χ2n) is 7.26. The fourth-order valence-electron chi connectivity index (χ4n) is 3.48. The van der Waals surface area contributed by atoms with Crippen molar-refractivity contribution in [1.82, 2.24) is 14.9 Å². The maximum Gasteiger partial charge on any atom is 0.240 e. The van der Waals surface area contributed by atoms with E-state index in [9.17, 15) is 4.79 Å². The number of anilines is 1. The van der Waals surface area contributed by atoms with Crippen molar-refractivity contribution in [3.8, 4) is 5.75 Å². The number of thioether (sulfide) groups is 1. The third-order valence-corrected chi connectivity index (χ3v) is 6.21. The Morgan fingerprint density at radius 3 is 2.73 bits per heavy atom. The first-order valence-electron chi connectivity index (χ1n) is 9.98. The number of carbonyl (C=O) groups is 1. The minimum Gasteiger partial charge on any atom is -0.497 e. The number of hydrogen-bond acceptors (Lipinski definition) is 6. The molecule has 8 heteroatoms. The molecule has 0 aliphatic carbocycles. The van der Waals surface area contributed by atoms with Crippen LogP contribution in [0.25, 0.3) is 0 Å². The molecule has 30 heavy (non-hydrogen) atoms. The van der Waals surface area contributed by atoms with Gasteiger partial charge in [-0.05, 0) is 48.7 Å². The van der Waals surface area contributed by atoms with E-state index in [1.54, 1.807) is 7.11 Å². The lowest BCUT2D eigenvalue weighted by Crippen LogP contribution is -2.41. The quantitative estimate of drug-likeness (QED) is 0.625. The summed E-state index contributed by atoms with van der Waals surface area (Å²) in [5.41, 5.74) is 6.36. The Labute approximate surface area is 180 Å². The number of aromatic nitrogens is 3. The molecule has 0 radical (unpaired) electrons. The van der Waals surface area contributed by atoms with Gasteiger partial charge in [-0.15, -0.1) is 10.2 Å². The highest BCUT2D eigenvalue weighted by Crippen LogP contribution is 2.38. The molecule has 0 saturated heterocycles.